The van der Waals surface area contributed by atoms with E-state index in [1.807, 2.05) is 0 Å². The van der Waals surface area contributed by atoms with Gasteiger partial charge in [0.1, 0.15) is 0 Å². The van der Waals surface area contributed by atoms with Crippen LogP contribution in [0.25, 0.3) is 0 Å². The molecule has 1 rings (SSSR count). The number of allylic oxidation sites excluding steroid dienone is 2. The third kappa shape index (κ3) is 6.03. The molecule has 0 radical (unpaired) electrons. The number of ether oxygens (including phenoxy) is 2. The molecule has 140 valence electrons. The van der Waals surface area contributed by atoms with Gasteiger partial charge >= 0.3 is 5.97 Å². The van der Waals surface area contributed by atoms with Crippen molar-refractivity contribution < 1.29 is 23.9 Å². The quantitative estimate of drug-likeness (QED) is 0.350. The first-order chi connectivity index (χ1) is 11.9. The molecule has 0 aliphatic heterocycles. The number of carbonyl (C=O) groups excluding carboxylic acids is 3. The molecule has 0 aromatic carbocycles. The molecule has 1 aliphatic rings. The number of esters is 1. The SMILES string of the molecule is CCCCCCOC(=O)CCCNC1=C(C)C(=O)C(OC)=C(C)C1=O. The third-order valence-corrected chi connectivity index (χ3v) is 4.15. The van der Waals surface area contributed by atoms with Crippen LogP contribution in [0, 0.1) is 0 Å². The first-order valence-electron chi connectivity index (χ1n) is 8.88. The van der Waals surface area contributed by atoms with Crippen molar-refractivity contribution in [3.05, 3.63) is 22.6 Å². The normalized spacial score (nSPS) is 14.9. The summed E-state index contributed by atoms with van der Waals surface area (Å²) in [6.45, 7) is 6.19. The number of unbranched alkanes of at least 4 members (excludes halogenated alkanes) is 3. The predicted octanol–water partition coefficient (Wildman–Crippen LogP) is 2.83. The van der Waals surface area contributed by atoms with Crippen molar-refractivity contribution in [1.29, 1.82) is 0 Å². The van der Waals surface area contributed by atoms with E-state index in [0.717, 1.165) is 25.7 Å². The third-order valence-electron chi connectivity index (χ3n) is 4.15. The smallest absolute Gasteiger partial charge is 0.305 e. The van der Waals surface area contributed by atoms with Crippen LogP contribution < -0.4 is 5.32 Å². The summed E-state index contributed by atoms with van der Waals surface area (Å²) in [5, 5.41) is 2.98. The lowest BCUT2D eigenvalue weighted by molar-refractivity contribution is -0.143. The van der Waals surface area contributed by atoms with Crippen LogP contribution in [0.5, 0.6) is 0 Å². The summed E-state index contributed by atoms with van der Waals surface area (Å²) in [6, 6.07) is 0. The number of Topliss-reactive ketones (excluding diaryl/α,β-unsaturated/α-hetero) is 2. The molecule has 0 bridgehead atoms. The van der Waals surface area contributed by atoms with E-state index in [0.29, 0.717) is 30.7 Å². The second-order valence-electron chi connectivity index (χ2n) is 6.13. The summed E-state index contributed by atoms with van der Waals surface area (Å²) in [5.41, 5.74) is 0.925. The highest BCUT2D eigenvalue weighted by molar-refractivity contribution is 6.23. The Labute approximate surface area is 149 Å². The lowest BCUT2D eigenvalue weighted by Crippen LogP contribution is -2.31. The highest BCUT2D eigenvalue weighted by atomic mass is 16.5. The van der Waals surface area contributed by atoms with E-state index in [4.69, 9.17) is 9.47 Å². The summed E-state index contributed by atoms with van der Waals surface area (Å²) in [6.07, 6.45) is 5.09. The Kier molecular flexibility index (Phi) is 8.95. The predicted molar refractivity (Wildman–Crippen MR) is 94.8 cm³/mol. The lowest BCUT2D eigenvalue weighted by atomic mass is 9.94. The van der Waals surface area contributed by atoms with Gasteiger partial charge in [0.25, 0.3) is 0 Å². The van der Waals surface area contributed by atoms with E-state index in [9.17, 15) is 14.4 Å². The molecular weight excluding hydrogens is 322 g/mol. The van der Waals surface area contributed by atoms with Gasteiger partial charge in [-0.15, -0.1) is 0 Å². The van der Waals surface area contributed by atoms with Gasteiger partial charge in [-0.1, -0.05) is 26.2 Å². The first-order valence-corrected chi connectivity index (χ1v) is 8.88. The molecule has 0 heterocycles. The minimum absolute atomic E-state index is 0.0969. The number of rotatable bonds is 11. The van der Waals surface area contributed by atoms with Gasteiger partial charge in [0.15, 0.2) is 5.76 Å². The number of methoxy groups -OCH3 is 1. The van der Waals surface area contributed by atoms with Crippen molar-refractivity contribution in [2.45, 2.75) is 59.3 Å². The van der Waals surface area contributed by atoms with Crippen molar-refractivity contribution in [1.82, 2.24) is 5.32 Å². The Bertz CT molecular complexity index is 574. The number of hydrogen-bond donors (Lipinski definition) is 1. The van der Waals surface area contributed by atoms with E-state index in [2.05, 4.69) is 12.2 Å². The monoisotopic (exact) mass is 351 g/mol. The largest absolute Gasteiger partial charge is 0.492 e. The maximum Gasteiger partial charge on any atom is 0.305 e. The van der Waals surface area contributed by atoms with Gasteiger partial charge in [-0.05, 0) is 26.7 Å². The molecule has 1 N–H and O–H groups in total. The summed E-state index contributed by atoms with van der Waals surface area (Å²) < 4.78 is 10.2. The fourth-order valence-electron chi connectivity index (χ4n) is 2.61. The molecule has 0 aromatic heterocycles. The molecule has 0 aromatic rings. The van der Waals surface area contributed by atoms with E-state index in [-0.39, 0.29) is 35.4 Å². The number of carbonyl (C=O) groups is 3. The number of ketones is 2. The Morgan fingerprint density at radius 1 is 1.00 bits per heavy atom. The molecule has 0 saturated heterocycles. The van der Waals surface area contributed by atoms with Crippen LogP contribution >= 0.6 is 0 Å². The first kappa shape index (κ1) is 20.9. The molecule has 0 atom stereocenters. The average Bonchev–Trinajstić information content (AvgIpc) is 2.59. The average molecular weight is 351 g/mol. The van der Waals surface area contributed by atoms with Gasteiger partial charge in [-0.25, -0.2) is 0 Å². The zero-order chi connectivity index (χ0) is 18.8. The topological polar surface area (TPSA) is 81.7 Å². The van der Waals surface area contributed by atoms with Crippen LogP contribution in [0.15, 0.2) is 22.6 Å². The van der Waals surface area contributed by atoms with Crippen LogP contribution in [-0.2, 0) is 23.9 Å². The minimum atomic E-state index is -0.284. The Balaban J connectivity index is 2.36. The summed E-state index contributed by atoms with van der Waals surface area (Å²) >= 11 is 0. The van der Waals surface area contributed by atoms with Crippen LogP contribution in [-0.4, -0.2) is 37.8 Å². The Morgan fingerprint density at radius 3 is 2.36 bits per heavy atom. The summed E-state index contributed by atoms with van der Waals surface area (Å²) in [4.78, 5) is 36.1. The maximum atomic E-state index is 12.3. The molecule has 0 amide bonds. The van der Waals surface area contributed by atoms with Gasteiger partial charge in [-0.3, -0.25) is 14.4 Å². The van der Waals surface area contributed by atoms with E-state index in [1.165, 1.54) is 7.11 Å². The van der Waals surface area contributed by atoms with Gasteiger partial charge in [0.05, 0.1) is 19.4 Å². The molecule has 1 aliphatic carbocycles. The van der Waals surface area contributed by atoms with Crippen molar-refractivity contribution in [3.8, 4) is 0 Å². The molecule has 6 heteroatoms. The number of nitrogens with one attached hydrogen (secondary N) is 1. The highest BCUT2D eigenvalue weighted by Crippen LogP contribution is 2.23. The van der Waals surface area contributed by atoms with Crippen molar-refractivity contribution in [2.24, 2.45) is 0 Å². The molecule has 0 fully saturated rings. The summed E-state index contributed by atoms with van der Waals surface area (Å²) in [7, 11) is 1.38. The van der Waals surface area contributed by atoms with Crippen LogP contribution in [0.4, 0.5) is 0 Å². The highest BCUT2D eigenvalue weighted by Gasteiger charge is 2.30. The molecule has 6 nitrogen and oxygen atoms in total. The van der Waals surface area contributed by atoms with E-state index in [1.54, 1.807) is 13.8 Å². The second kappa shape index (κ2) is 10.7. The molecule has 0 unspecified atom stereocenters. The lowest BCUT2D eigenvalue weighted by Gasteiger charge is -2.20. The van der Waals surface area contributed by atoms with E-state index >= 15 is 0 Å². The molecule has 0 spiro atoms. The van der Waals surface area contributed by atoms with Crippen molar-refractivity contribution >= 4 is 17.5 Å². The van der Waals surface area contributed by atoms with Gasteiger partial charge < -0.3 is 14.8 Å². The fraction of sp³-hybridized carbons (Fsp3) is 0.632. The van der Waals surface area contributed by atoms with Crippen LogP contribution in [0.3, 0.4) is 0 Å². The van der Waals surface area contributed by atoms with Crippen molar-refractivity contribution in [2.75, 3.05) is 20.3 Å². The zero-order valence-electron chi connectivity index (χ0n) is 15.7. The van der Waals surface area contributed by atoms with Crippen LogP contribution in [0.2, 0.25) is 0 Å². The summed E-state index contributed by atoms with van der Waals surface area (Å²) in [5.74, 6) is -0.659. The van der Waals surface area contributed by atoms with Crippen molar-refractivity contribution in [3.63, 3.8) is 0 Å². The second-order valence-corrected chi connectivity index (χ2v) is 6.13. The number of hydrogen-bond acceptors (Lipinski definition) is 6. The molecular formula is C19H29NO5. The van der Waals surface area contributed by atoms with Gasteiger partial charge in [-0.2, -0.15) is 0 Å². The zero-order valence-corrected chi connectivity index (χ0v) is 15.7. The standard InChI is InChI=1S/C19H29NO5/c1-5-6-7-8-12-25-15(21)10-9-11-20-16-13(2)18(23)19(24-4)14(3)17(16)22/h20H,5-12H2,1-4H3. The molecule has 25 heavy (non-hydrogen) atoms. The van der Waals surface area contributed by atoms with E-state index < -0.39 is 0 Å². The minimum Gasteiger partial charge on any atom is -0.492 e. The Hall–Kier alpha value is -2.11. The van der Waals surface area contributed by atoms with Crippen LogP contribution in [0.1, 0.15) is 59.3 Å². The fourth-order valence-corrected chi connectivity index (χ4v) is 2.61. The maximum absolute atomic E-state index is 12.3. The van der Waals surface area contributed by atoms with Gasteiger partial charge in [0.2, 0.25) is 11.6 Å². The van der Waals surface area contributed by atoms with Gasteiger partial charge in [0, 0.05) is 24.1 Å². The Morgan fingerprint density at radius 2 is 1.72 bits per heavy atom. The molecule has 0 saturated carbocycles.